The fourth-order valence-electron chi connectivity index (χ4n) is 1.52. The number of ether oxygens (including phenoxy) is 1. The van der Waals surface area contributed by atoms with Crippen molar-refractivity contribution < 1.29 is 9.53 Å². The number of pyridine rings is 1. The number of unbranched alkanes of at least 4 members (excludes halogenated alkanes) is 1. The van der Waals surface area contributed by atoms with Gasteiger partial charge in [-0.3, -0.25) is 5.32 Å². The molecule has 96 valence electrons. The van der Waals surface area contributed by atoms with Crippen LogP contribution < -0.4 is 5.32 Å². The van der Waals surface area contributed by atoms with E-state index < -0.39 is 6.09 Å². The zero-order valence-electron chi connectivity index (χ0n) is 10.5. The van der Waals surface area contributed by atoms with E-state index >= 15 is 0 Å². The van der Waals surface area contributed by atoms with Gasteiger partial charge in [-0.2, -0.15) is 0 Å². The van der Waals surface area contributed by atoms with Crippen LogP contribution >= 0.6 is 11.3 Å². The van der Waals surface area contributed by atoms with Crippen molar-refractivity contribution in [3.05, 3.63) is 23.9 Å². The number of fused-ring (bicyclic) bond motifs is 1. The highest BCUT2D eigenvalue weighted by Crippen LogP contribution is 2.28. The van der Waals surface area contributed by atoms with E-state index in [1.165, 1.54) is 11.3 Å². The molecule has 0 unspecified atom stereocenters. The van der Waals surface area contributed by atoms with Gasteiger partial charge < -0.3 is 4.74 Å². The van der Waals surface area contributed by atoms with Gasteiger partial charge in [0.15, 0.2) is 0 Å². The quantitative estimate of drug-likeness (QED) is 0.850. The molecular formula is C13H16N2O2S. The Morgan fingerprint density at radius 1 is 1.50 bits per heavy atom. The smallest absolute Gasteiger partial charge is 0.412 e. The number of carbonyl (C=O) groups is 1. The van der Waals surface area contributed by atoms with Gasteiger partial charge in [0.05, 0.1) is 6.61 Å². The first-order valence-electron chi connectivity index (χ1n) is 6.00. The van der Waals surface area contributed by atoms with Crippen LogP contribution in [-0.4, -0.2) is 17.7 Å². The summed E-state index contributed by atoms with van der Waals surface area (Å²) in [7, 11) is 0. The summed E-state index contributed by atoms with van der Waals surface area (Å²) in [5.74, 6) is 0. The minimum absolute atomic E-state index is 0.397. The fourth-order valence-corrected chi connectivity index (χ4v) is 2.48. The molecule has 0 atom stereocenters. The Labute approximate surface area is 110 Å². The maximum absolute atomic E-state index is 11.5. The van der Waals surface area contributed by atoms with Gasteiger partial charge >= 0.3 is 6.09 Å². The van der Waals surface area contributed by atoms with Gasteiger partial charge in [-0.25, -0.2) is 9.78 Å². The lowest BCUT2D eigenvalue weighted by molar-refractivity contribution is 0.160. The maximum atomic E-state index is 11.5. The average Bonchev–Trinajstić information content (AvgIpc) is 2.70. The molecule has 5 heteroatoms. The SMILES string of the molecule is CCCCOC(=O)Nc1cc2ccc(C)nc2s1. The molecule has 0 aliphatic heterocycles. The van der Waals surface area contributed by atoms with Gasteiger partial charge in [-0.15, -0.1) is 0 Å². The van der Waals surface area contributed by atoms with Crippen LogP contribution in [0.2, 0.25) is 0 Å². The third kappa shape index (κ3) is 3.20. The molecule has 0 aliphatic carbocycles. The Hall–Kier alpha value is -1.62. The van der Waals surface area contributed by atoms with Crippen molar-refractivity contribution in [1.29, 1.82) is 0 Å². The molecule has 2 heterocycles. The lowest BCUT2D eigenvalue weighted by Gasteiger charge is -2.03. The Morgan fingerprint density at radius 2 is 2.33 bits per heavy atom. The van der Waals surface area contributed by atoms with Crippen molar-refractivity contribution in [2.45, 2.75) is 26.7 Å². The largest absolute Gasteiger partial charge is 0.449 e. The first-order chi connectivity index (χ1) is 8.69. The molecule has 0 spiro atoms. The first kappa shape index (κ1) is 12.8. The van der Waals surface area contributed by atoms with E-state index in [1.54, 1.807) is 0 Å². The maximum Gasteiger partial charge on any atom is 0.412 e. The lowest BCUT2D eigenvalue weighted by atomic mass is 10.3. The number of thiophene rings is 1. The molecule has 0 saturated carbocycles. The molecule has 18 heavy (non-hydrogen) atoms. The molecule has 1 amide bonds. The molecule has 0 fully saturated rings. The van der Waals surface area contributed by atoms with E-state index in [0.29, 0.717) is 6.61 Å². The summed E-state index contributed by atoms with van der Waals surface area (Å²) in [6.07, 6.45) is 1.51. The van der Waals surface area contributed by atoms with Crippen molar-refractivity contribution in [3.63, 3.8) is 0 Å². The van der Waals surface area contributed by atoms with Crippen LogP contribution in [-0.2, 0) is 4.74 Å². The van der Waals surface area contributed by atoms with Gasteiger partial charge in [0.25, 0.3) is 0 Å². The van der Waals surface area contributed by atoms with Crippen LogP contribution in [0.1, 0.15) is 25.5 Å². The number of rotatable bonds is 4. The van der Waals surface area contributed by atoms with E-state index in [2.05, 4.69) is 17.2 Å². The van der Waals surface area contributed by atoms with E-state index in [0.717, 1.165) is 33.8 Å². The summed E-state index contributed by atoms with van der Waals surface area (Å²) in [6.45, 7) is 4.47. The number of nitrogens with zero attached hydrogens (tertiary/aromatic N) is 1. The van der Waals surface area contributed by atoms with Crippen LogP contribution in [0.15, 0.2) is 18.2 Å². The van der Waals surface area contributed by atoms with E-state index in [9.17, 15) is 4.79 Å². The number of aryl methyl sites for hydroxylation is 1. The fraction of sp³-hybridized carbons (Fsp3) is 0.385. The van der Waals surface area contributed by atoms with Crippen molar-refractivity contribution in [3.8, 4) is 0 Å². The molecule has 0 bridgehead atoms. The van der Waals surface area contributed by atoms with Crippen molar-refractivity contribution in [1.82, 2.24) is 4.98 Å². The topological polar surface area (TPSA) is 51.2 Å². The van der Waals surface area contributed by atoms with Crippen LogP contribution in [0, 0.1) is 6.92 Å². The number of hydrogen-bond donors (Lipinski definition) is 1. The van der Waals surface area contributed by atoms with Crippen LogP contribution in [0.25, 0.3) is 10.2 Å². The van der Waals surface area contributed by atoms with Crippen molar-refractivity contribution >= 4 is 32.6 Å². The number of carbonyl (C=O) groups excluding carboxylic acids is 1. The zero-order chi connectivity index (χ0) is 13.0. The monoisotopic (exact) mass is 264 g/mol. The molecule has 0 saturated heterocycles. The summed E-state index contributed by atoms with van der Waals surface area (Å²) >= 11 is 1.46. The molecule has 0 radical (unpaired) electrons. The summed E-state index contributed by atoms with van der Waals surface area (Å²) < 4.78 is 5.04. The first-order valence-corrected chi connectivity index (χ1v) is 6.81. The Morgan fingerprint density at radius 3 is 3.11 bits per heavy atom. The molecule has 2 rings (SSSR count). The highest BCUT2D eigenvalue weighted by atomic mass is 32.1. The third-order valence-corrected chi connectivity index (χ3v) is 3.44. The summed E-state index contributed by atoms with van der Waals surface area (Å²) in [5.41, 5.74) is 0.974. The van der Waals surface area contributed by atoms with Crippen LogP contribution in [0.5, 0.6) is 0 Å². The molecular weight excluding hydrogens is 248 g/mol. The molecule has 0 aliphatic rings. The summed E-state index contributed by atoms with van der Waals surface area (Å²) in [5, 5.41) is 4.53. The standard InChI is InChI=1S/C13H16N2O2S/c1-3-4-7-17-13(16)15-11-8-10-6-5-9(2)14-12(10)18-11/h5-6,8H,3-4,7H2,1-2H3,(H,15,16). The van der Waals surface area contributed by atoms with Gasteiger partial charge in [-0.1, -0.05) is 30.7 Å². The Balaban J connectivity index is 2.01. The minimum Gasteiger partial charge on any atom is -0.449 e. The molecule has 1 N–H and O–H groups in total. The Bertz CT molecular complexity index is 551. The van der Waals surface area contributed by atoms with Crippen molar-refractivity contribution in [2.24, 2.45) is 0 Å². The van der Waals surface area contributed by atoms with Gasteiger partial charge in [0.1, 0.15) is 9.83 Å². The number of nitrogens with one attached hydrogen (secondary N) is 1. The highest BCUT2D eigenvalue weighted by molar-refractivity contribution is 7.22. The number of anilines is 1. The van der Waals surface area contributed by atoms with Gasteiger partial charge in [0, 0.05) is 11.1 Å². The van der Waals surface area contributed by atoms with Crippen LogP contribution in [0.4, 0.5) is 9.80 Å². The van der Waals surface area contributed by atoms with E-state index in [1.807, 2.05) is 25.1 Å². The molecule has 0 aromatic carbocycles. The zero-order valence-corrected chi connectivity index (χ0v) is 11.3. The second-order valence-electron chi connectivity index (χ2n) is 4.07. The average molecular weight is 264 g/mol. The number of aromatic nitrogens is 1. The van der Waals surface area contributed by atoms with Gasteiger partial charge in [0.2, 0.25) is 0 Å². The number of amides is 1. The van der Waals surface area contributed by atoms with Gasteiger partial charge in [-0.05, 0) is 25.5 Å². The normalized spacial score (nSPS) is 10.6. The van der Waals surface area contributed by atoms with E-state index in [-0.39, 0.29) is 0 Å². The third-order valence-electron chi connectivity index (χ3n) is 2.48. The second kappa shape index (κ2) is 5.82. The van der Waals surface area contributed by atoms with Crippen molar-refractivity contribution in [2.75, 3.05) is 11.9 Å². The highest BCUT2D eigenvalue weighted by Gasteiger charge is 2.07. The predicted octanol–water partition coefficient (Wildman–Crippen LogP) is 3.95. The Kier molecular flexibility index (Phi) is 4.15. The summed E-state index contributed by atoms with van der Waals surface area (Å²) in [4.78, 5) is 16.8. The second-order valence-corrected chi connectivity index (χ2v) is 5.10. The summed E-state index contributed by atoms with van der Waals surface area (Å²) in [6, 6.07) is 5.87. The number of hydrogen-bond acceptors (Lipinski definition) is 4. The molecule has 2 aromatic rings. The van der Waals surface area contributed by atoms with E-state index in [4.69, 9.17) is 4.74 Å². The van der Waals surface area contributed by atoms with Crippen LogP contribution in [0.3, 0.4) is 0 Å². The molecule has 2 aromatic heterocycles. The minimum atomic E-state index is -0.397. The predicted molar refractivity (Wildman–Crippen MR) is 74.2 cm³/mol. The lowest BCUT2D eigenvalue weighted by Crippen LogP contribution is -2.13. The molecule has 4 nitrogen and oxygen atoms in total.